The first-order chi connectivity index (χ1) is 8.10. The van der Waals surface area contributed by atoms with Gasteiger partial charge in [-0.1, -0.05) is 33.1 Å². The second-order valence-corrected chi connectivity index (χ2v) is 4.19. The molecular formula is C13H24O4. The summed E-state index contributed by atoms with van der Waals surface area (Å²) in [5.74, 6) is -0.985. The molecule has 0 saturated heterocycles. The van der Waals surface area contributed by atoms with Gasteiger partial charge in [0.25, 0.3) is 0 Å². The molecule has 100 valence electrons. The molecule has 0 spiro atoms. The van der Waals surface area contributed by atoms with Crippen LogP contribution in [0, 0.1) is 0 Å². The topological polar surface area (TPSA) is 52.6 Å². The monoisotopic (exact) mass is 244 g/mol. The molecular weight excluding hydrogens is 220 g/mol. The first-order valence-corrected chi connectivity index (χ1v) is 6.45. The molecule has 4 nitrogen and oxygen atoms in total. The van der Waals surface area contributed by atoms with E-state index in [4.69, 9.17) is 9.47 Å². The number of hydrogen-bond acceptors (Lipinski definition) is 4. The Labute approximate surface area is 104 Å². The van der Waals surface area contributed by atoms with Gasteiger partial charge in [0.15, 0.2) is 0 Å². The number of esters is 2. The Kier molecular flexibility index (Phi) is 9.49. The maximum Gasteiger partial charge on any atom is 0.317 e. The van der Waals surface area contributed by atoms with Crippen molar-refractivity contribution < 1.29 is 19.1 Å². The lowest BCUT2D eigenvalue weighted by molar-refractivity contribution is -0.157. The van der Waals surface area contributed by atoms with Crippen molar-refractivity contribution in [3.05, 3.63) is 0 Å². The lowest BCUT2D eigenvalue weighted by atomic mass is 10.2. The molecule has 1 unspecified atom stereocenters. The minimum absolute atomic E-state index is 0.120. The molecule has 0 N–H and O–H groups in total. The highest BCUT2D eigenvalue weighted by molar-refractivity contribution is 5.91. The quantitative estimate of drug-likeness (QED) is 0.355. The van der Waals surface area contributed by atoms with E-state index in [9.17, 15) is 9.59 Å². The van der Waals surface area contributed by atoms with Crippen molar-refractivity contribution >= 4 is 11.9 Å². The van der Waals surface area contributed by atoms with Crippen molar-refractivity contribution in [3.63, 3.8) is 0 Å². The molecule has 0 fully saturated rings. The molecule has 0 aromatic rings. The smallest absolute Gasteiger partial charge is 0.317 e. The van der Waals surface area contributed by atoms with Crippen LogP contribution in [0.25, 0.3) is 0 Å². The molecule has 4 heteroatoms. The van der Waals surface area contributed by atoms with Crippen molar-refractivity contribution in [2.75, 3.05) is 6.61 Å². The Morgan fingerprint density at radius 3 is 2.29 bits per heavy atom. The number of hydrogen-bond donors (Lipinski definition) is 0. The largest absolute Gasteiger partial charge is 0.465 e. The van der Waals surface area contributed by atoms with E-state index >= 15 is 0 Å². The number of ether oxygens (including phenoxy) is 2. The number of carbonyl (C=O) groups excluding carboxylic acids is 2. The number of rotatable bonds is 9. The Balaban J connectivity index is 3.66. The van der Waals surface area contributed by atoms with Gasteiger partial charge >= 0.3 is 11.9 Å². The van der Waals surface area contributed by atoms with Crippen LogP contribution in [-0.4, -0.2) is 24.6 Å². The third-order valence-corrected chi connectivity index (χ3v) is 2.35. The fourth-order valence-corrected chi connectivity index (χ4v) is 1.32. The fraction of sp³-hybridized carbons (Fsp3) is 0.846. The van der Waals surface area contributed by atoms with E-state index in [0.29, 0.717) is 6.61 Å². The van der Waals surface area contributed by atoms with Crippen LogP contribution in [0.5, 0.6) is 0 Å². The fourth-order valence-electron chi connectivity index (χ4n) is 1.32. The minimum atomic E-state index is -0.494. The molecule has 0 aliphatic heterocycles. The van der Waals surface area contributed by atoms with Gasteiger partial charge < -0.3 is 9.47 Å². The highest BCUT2D eigenvalue weighted by Gasteiger charge is 2.14. The van der Waals surface area contributed by atoms with Crippen LogP contribution in [0.15, 0.2) is 0 Å². The molecule has 0 heterocycles. The maximum atomic E-state index is 11.3. The highest BCUT2D eigenvalue weighted by atomic mass is 16.6. The van der Waals surface area contributed by atoms with Crippen molar-refractivity contribution in [1.29, 1.82) is 0 Å². The number of carbonyl (C=O) groups is 2. The average molecular weight is 244 g/mol. The Hall–Kier alpha value is -1.06. The summed E-state index contributed by atoms with van der Waals surface area (Å²) in [6.07, 6.45) is 4.33. The summed E-state index contributed by atoms with van der Waals surface area (Å²) in [7, 11) is 0. The molecule has 0 rings (SSSR count). The van der Waals surface area contributed by atoms with Crippen molar-refractivity contribution in [2.45, 2.75) is 65.4 Å². The second kappa shape index (κ2) is 10.1. The summed E-state index contributed by atoms with van der Waals surface area (Å²) >= 11 is 0. The van der Waals surface area contributed by atoms with Gasteiger partial charge in [-0.3, -0.25) is 9.59 Å². The zero-order valence-electron chi connectivity index (χ0n) is 11.2. The molecule has 0 amide bonds. The molecule has 0 bridgehead atoms. The van der Waals surface area contributed by atoms with Crippen molar-refractivity contribution in [2.24, 2.45) is 0 Å². The summed E-state index contributed by atoms with van der Waals surface area (Å²) in [5.41, 5.74) is 0. The summed E-state index contributed by atoms with van der Waals surface area (Å²) in [6.45, 7) is 6.32. The van der Waals surface area contributed by atoms with Crippen LogP contribution in [0.2, 0.25) is 0 Å². The zero-order chi connectivity index (χ0) is 13.1. The Bertz CT molecular complexity index is 225. The highest BCUT2D eigenvalue weighted by Crippen LogP contribution is 2.05. The molecule has 0 aliphatic carbocycles. The first-order valence-electron chi connectivity index (χ1n) is 6.45. The van der Waals surface area contributed by atoms with E-state index in [1.807, 2.05) is 13.8 Å². The van der Waals surface area contributed by atoms with Crippen LogP contribution >= 0.6 is 0 Å². The third-order valence-electron chi connectivity index (χ3n) is 2.35. The average Bonchev–Trinajstić information content (AvgIpc) is 2.26. The molecule has 0 saturated carbocycles. The molecule has 1 atom stereocenters. The third kappa shape index (κ3) is 9.85. The Morgan fingerprint density at radius 1 is 1.06 bits per heavy atom. The second-order valence-electron chi connectivity index (χ2n) is 4.19. The van der Waals surface area contributed by atoms with E-state index in [-0.39, 0.29) is 12.5 Å². The normalized spacial score (nSPS) is 11.9. The van der Waals surface area contributed by atoms with Crippen LogP contribution in [-0.2, 0) is 19.1 Å². The molecule has 0 aromatic carbocycles. The lowest BCUT2D eigenvalue weighted by Crippen LogP contribution is -2.19. The van der Waals surface area contributed by atoms with E-state index in [1.165, 1.54) is 0 Å². The summed E-state index contributed by atoms with van der Waals surface area (Å²) < 4.78 is 9.97. The van der Waals surface area contributed by atoms with Gasteiger partial charge in [0.2, 0.25) is 0 Å². The zero-order valence-corrected chi connectivity index (χ0v) is 11.2. The minimum Gasteiger partial charge on any atom is -0.465 e. The van der Waals surface area contributed by atoms with Gasteiger partial charge in [0.05, 0.1) is 12.7 Å². The predicted octanol–water partition coefficient (Wildman–Crippen LogP) is 2.84. The standard InChI is InChI=1S/C13H24O4/c1-4-6-8-11(3)17-13(15)10-12(14)16-9-7-5-2/h11H,4-10H2,1-3H3. The van der Waals surface area contributed by atoms with E-state index < -0.39 is 11.9 Å². The van der Waals surface area contributed by atoms with E-state index in [1.54, 1.807) is 0 Å². The van der Waals surface area contributed by atoms with Gasteiger partial charge in [-0.15, -0.1) is 0 Å². The summed E-state index contributed by atoms with van der Waals surface area (Å²) in [5, 5.41) is 0. The van der Waals surface area contributed by atoms with Crippen molar-refractivity contribution in [1.82, 2.24) is 0 Å². The molecule has 17 heavy (non-hydrogen) atoms. The van der Waals surface area contributed by atoms with Crippen LogP contribution in [0.3, 0.4) is 0 Å². The van der Waals surface area contributed by atoms with Gasteiger partial charge in [0, 0.05) is 0 Å². The lowest BCUT2D eigenvalue weighted by Gasteiger charge is -2.12. The van der Waals surface area contributed by atoms with Crippen LogP contribution in [0.1, 0.15) is 59.3 Å². The van der Waals surface area contributed by atoms with E-state index in [2.05, 4.69) is 6.92 Å². The van der Waals surface area contributed by atoms with Gasteiger partial charge in [-0.05, 0) is 19.8 Å². The van der Waals surface area contributed by atoms with Crippen LogP contribution < -0.4 is 0 Å². The van der Waals surface area contributed by atoms with E-state index in [0.717, 1.165) is 32.1 Å². The van der Waals surface area contributed by atoms with Gasteiger partial charge in [-0.2, -0.15) is 0 Å². The van der Waals surface area contributed by atoms with Crippen molar-refractivity contribution in [3.8, 4) is 0 Å². The van der Waals surface area contributed by atoms with Gasteiger partial charge in [-0.25, -0.2) is 0 Å². The molecule has 0 radical (unpaired) electrons. The predicted molar refractivity (Wildman–Crippen MR) is 65.6 cm³/mol. The SMILES string of the molecule is CCCCOC(=O)CC(=O)OC(C)CCCC. The number of unbranched alkanes of at least 4 members (excludes halogenated alkanes) is 2. The summed E-state index contributed by atoms with van der Waals surface area (Å²) in [6, 6.07) is 0. The first kappa shape index (κ1) is 15.9. The van der Waals surface area contributed by atoms with Gasteiger partial charge in [0.1, 0.15) is 6.42 Å². The summed E-state index contributed by atoms with van der Waals surface area (Å²) in [4.78, 5) is 22.5. The maximum absolute atomic E-state index is 11.3. The van der Waals surface area contributed by atoms with Crippen LogP contribution in [0.4, 0.5) is 0 Å². The molecule has 0 aliphatic rings. The Morgan fingerprint density at radius 2 is 1.71 bits per heavy atom. The molecule has 0 aromatic heterocycles.